The summed E-state index contributed by atoms with van der Waals surface area (Å²) in [7, 11) is 0. The Kier molecular flexibility index (Phi) is 13.6. The zero-order valence-electron chi connectivity index (χ0n) is 17.8. The quantitative estimate of drug-likeness (QED) is 0.281. The molecule has 28 heavy (non-hydrogen) atoms. The zero-order chi connectivity index (χ0) is 21.4. The van der Waals surface area contributed by atoms with Crippen LogP contribution in [0.4, 0.5) is 0 Å². The summed E-state index contributed by atoms with van der Waals surface area (Å²) in [6.07, 6.45) is 18.8. The van der Waals surface area contributed by atoms with Gasteiger partial charge in [0.15, 0.2) is 0 Å². The summed E-state index contributed by atoms with van der Waals surface area (Å²) in [4.78, 5) is 23.0. The number of carbonyl (C=O) groups is 2. The minimum absolute atomic E-state index is 0.297. The van der Waals surface area contributed by atoms with Crippen molar-refractivity contribution in [2.75, 3.05) is 13.2 Å². The van der Waals surface area contributed by atoms with Crippen molar-refractivity contribution in [1.82, 2.24) is 0 Å². The third-order valence-corrected chi connectivity index (χ3v) is 3.43. The van der Waals surface area contributed by atoms with Crippen molar-refractivity contribution in [3.63, 3.8) is 0 Å². The molecule has 0 saturated heterocycles. The molecule has 152 valence electrons. The molecule has 0 fully saturated rings. The van der Waals surface area contributed by atoms with Gasteiger partial charge in [-0.15, -0.1) is 0 Å². The fourth-order valence-electron chi connectivity index (χ4n) is 1.84. The molecule has 0 aliphatic carbocycles. The van der Waals surface area contributed by atoms with E-state index in [2.05, 4.69) is 0 Å². The lowest BCUT2D eigenvalue weighted by Gasteiger charge is -1.99. The molecule has 0 radical (unpaired) electrons. The minimum Gasteiger partial charge on any atom is -0.463 e. The average molecular weight is 385 g/mol. The highest BCUT2D eigenvalue weighted by molar-refractivity contribution is 5.88. The van der Waals surface area contributed by atoms with Gasteiger partial charge in [0.25, 0.3) is 0 Å². The second-order valence-electron chi connectivity index (χ2n) is 6.06. The van der Waals surface area contributed by atoms with Gasteiger partial charge in [0.1, 0.15) is 0 Å². The molecule has 4 nitrogen and oxygen atoms in total. The normalized spacial score (nSPS) is 14.4. The number of ether oxygens (including phenoxy) is 2. The molecule has 0 aliphatic heterocycles. The van der Waals surface area contributed by atoms with Gasteiger partial charge >= 0.3 is 11.9 Å². The Morgan fingerprint density at radius 1 is 0.607 bits per heavy atom. The lowest BCUT2D eigenvalue weighted by Crippen LogP contribution is -2.04. The van der Waals surface area contributed by atoms with Crippen LogP contribution in [0.3, 0.4) is 0 Å². The fraction of sp³-hybridized carbons (Fsp3) is 0.333. The number of carbonyl (C=O) groups excluding carboxylic acids is 2. The van der Waals surface area contributed by atoms with Crippen LogP contribution in [0.15, 0.2) is 83.1 Å². The van der Waals surface area contributed by atoms with E-state index in [0.29, 0.717) is 24.4 Å². The molecule has 0 aromatic carbocycles. The van der Waals surface area contributed by atoms with Crippen LogP contribution in [-0.2, 0) is 19.1 Å². The van der Waals surface area contributed by atoms with E-state index < -0.39 is 0 Å². The third-order valence-electron chi connectivity index (χ3n) is 3.43. The van der Waals surface area contributed by atoms with Gasteiger partial charge in [-0.25, -0.2) is 9.59 Å². The number of allylic oxidation sites excluding steroid dienone is 12. The first kappa shape index (κ1) is 25.1. The summed E-state index contributed by atoms with van der Waals surface area (Å²) in [5.74, 6) is -0.593. The van der Waals surface area contributed by atoms with Crippen molar-refractivity contribution in [3.8, 4) is 0 Å². The van der Waals surface area contributed by atoms with Crippen LogP contribution >= 0.6 is 0 Å². The Morgan fingerprint density at radius 3 is 1.29 bits per heavy atom. The molecule has 0 aromatic heterocycles. The zero-order valence-corrected chi connectivity index (χ0v) is 17.8. The van der Waals surface area contributed by atoms with Crippen LogP contribution in [0.25, 0.3) is 0 Å². The minimum atomic E-state index is -0.297. The number of esters is 2. The highest BCUT2D eigenvalue weighted by Gasteiger charge is 2.02. The molecule has 0 heterocycles. The molecule has 0 rings (SSSR count). The third kappa shape index (κ3) is 12.5. The molecule has 4 heteroatoms. The van der Waals surface area contributed by atoms with Crippen molar-refractivity contribution >= 4 is 11.9 Å². The number of hydrogen-bond donors (Lipinski definition) is 0. The maximum atomic E-state index is 11.5. The molecule has 0 atom stereocenters. The van der Waals surface area contributed by atoms with E-state index in [0.717, 1.165) is 11.1 Å². The van der Waals surface area contributed by atoms with Gasteiger partial charge in [0.05, 0.1) is 13.2 Å². The van der Waals surface area contributed by atoms with Gasteiger partial charge in [-0.1, -0.05) is 71.9 Å². The van der Waals surface area contributed by atoms with Crippen LogP contribution in [0, 0.1) is 0 Å². The maximum Gasteiger partial charge on any atom is 0.333 e. The molecule has 0 amide bonds. The van der Waals surface area contributed by atoms with Gasteiger partial charge in [-0.05, 0) is 41.5 Å². The van der Waals surface area contributed by atoms with E-state index in [1.54, 1.807) is 39.8 Å². The highest BCUT2D eigenvalue weighted by atomic mass is 16.5. The van der Waals surface area contributed by atoms with E-state index in [9.17, 15) is 9.59 Å². The predicted molar refractivity (Wildman–Crippen MR) is 116 cm³/mol. The first-order valence-electron chi connectivity index (χ1n) is 9.37. The summed E-state index contributed by atoms with van der Waals surface area (Å²) in [5, 5.41) is 0. The molecule has 0 aliphatic rings. The summed E-state index contributed by atoms with van der Waals surface area (Å²) >= 11 is 0. The van der Waals surface area contributed by atoms with E-state index in [4.69, 9.17) is 9.47 Å². The molecule has 0 bridgehead atoms. The van der Waals surface area contributed by atoms with Crippen molar-refractivity contribution in [2.45, 2.75) is 41.5 Å². The van der Waals surface area contributed by atoms with Crippen LogP contribution < -0.4 is 0 Å². The summed E-state index contributed by atoms with van der Waals surface area (Å²) in [6, 6.07) is 0. The summed E-state index contributed by atoms with van der Waals surface area (Å²) in [6.45, 7) is 11.7. The van der Waals surface area contributed by atoms with Crippen LogP contribution in [0.2, 0.25) is 0 Å². The van der Waals surface area contributed by atoms with Gasteiger partial charge in [0.2, 0.25) is 0 Å². The van der Waals surface area contributed by atoms with Crippen molar-refractivity contribution < 1.29 is 19.1 Å². The fourth-order valence-corrected chi connectivity index (χ4v) is 1.84. The molecular weight excluding hydrogens is 352 g/mol. The van der Waals surface area contributed by atoms with Crippen LogP contribution in [0.5, 0.6) is 0 Å². The number of hydrogen-bond acceptors (Lipinski definition) is 4. The van der Waals surface area contributed by atoms with Gasteiger partial charge in [-0.2, -0.15) is 0 Å². The molecular formula is C24H32O4. The Hall–Kier alpha value is -2.88. The van der Waals surface area contributed by atoms with Crippen LogP contribution in [-0.4, -0.2) is 25.2 Å². The van der Waals surface area contributed by atoms with E-state index in [1.165, 1.54) is 0 Å². The van der Waals surface area contributed by atoms with E-state index in [1.807, 2.05) is 62.5 Å². The molecule has 0 unspecified atom stereocenters. The Morgan fingerprint density at radius 2 is 0.964 bits per heavy atom. The van der Waals surface area contributed by atoms with Crippen LogP contribution in [0.1, 0.15) is 41.5 Å². The second-order valence-corrected chi connectivity index (χ2v) is 6.06. The average Bonchev–Trinajstić information content (AvgIpc) is 2.65. The Labute approximate surface area is 169 Å². The molecule has 0 saturated carbocycles. The second kappa shape index (κ2) is 15.2. The summed E-state index contributed by atoms with van der Waals surface area (Å²) in [5.41, 5.74) is 3.25. The first-order chi connectivity index (χ1) is 13.3. The molecule has 0 aromatic rings. The van der Waals surface area contributed by atoms with E-state index >= 15 is 0 Å². The molecule has 0 spiro atoms. The first-order valence-corrected chi connectivity index (χ1v) is 9.37. The summed E-state index contributed by atoms with van der Waals surface area (Å²) < 4.78 is 9.84. The van der Waals surface area contributed by atoms with Gasteiger partial charge in [-0.3, -0.25) is 0 Å². The van der Waals surface area contributed by atoms with Crippen molar-refractivity contribution in [1.29, 1.82) is 0 Å². The maximum absolute atomic E-state index is 11.5. The predicted octanol–water partition coefficient (Wildman–Crippen LogP) is 5.57. The Balaban J connectivity index is 4.67. The number of rotatable bonds is 10. The van der Waals surface area contributed by atoms with Gasteiger partial charge in [0, 0.05) is 11.1 Å². The monoisotopic (exact) mass is 384 g/mol. The van der Waals surface area contributed by atoms with Crippen molar-refractivity contribution in [3.05, 3.63) is 83.1 Å². The SMILES string of the molecule is CCOC(=O)C(C)=C/C=C/C(C)=C/C=C/C=C(C)/C=C/C=C(\C)C(=O)OCC. The smallest absolute Gasteiger partial charge is 0.333 e. The standard InChI is InChI=1S/C24H32O4/c1-7-27-23(25)21(5)17-11-15-19(3)13-9-10-14-20(4)16-12-18-22(6)24(26)28-8-2/h9-18H,7-8H2,1-6H3/b10-9+,15-11+,16-12+,19-13+,20-14+,21-17+,22-18?. The van der Waals surface area contributed by atoms with E-state index in [-0.39, 0.29) is 11.9 Å². The van der Waals surface area contributed by atoms with Gasteiger partial charge < -0.3 is 9.47 Å². The lowest BCUT2D eigenvalue weighted by atomic mass is 10.2. The topological polar surface area (TPSA) is 52.6 Å². The highest BCUT2D eigenvalue weighted by Crippen LogP contribution is 2.02. The van der Waals surface area contributed by atoms with Crippen molar-refractivity contribution in [2.24, 2.45) is 0 Å². The Bertz CT molecular complexity index is 664. The molecule has 0 N–H and O–H groups in total. The largest absolute Gasteiger partial charge is 0.463 e. The lowest BCUT2D eigenvalue weighted by molar-refractivity contribution is -0.139.